The lowest BCUT2D eigenvalue weighted by molar-refractivity contribution is 0.0965. The van der Waals surface area contributed by atoms with E-state index in [2.05, 4.69) is 0 Å². The molecule has 0 bridgehead atoms. The van der Waals surface area contributed by atoms with E-state index in [9.17, 15) is 9.18 Å². The fourth-order valence-electron chi connectivity index (χ4n) is 2.60. The molecule has 1 nitrogen and oxygen atoms in total. The number of hydrogen-bond acceptors (Lipinski definition) is 1. The van der Waals surface area contributed by atoms with Crippen LogP contribution in [-0.4, -0.2) is 5.78 Å². The minimum atomic E-state index is -0.318. The van der Waals surface area contributed by atoms with E-state index in [0.717, 1.165) is 5.56 Å². The minimum absolute atomic E-state index is 0.0781. The van der Waals surface area contributed by atoms with Gasteiger partial charge in [0.1, 0.15) is 5.82 Å². The Bertz CT molecular complexity index is 643. The van der Waals surface area contributed by atoms with E-state index in [0.29, 0.717) is 22.6 Å². The number of carbonyl (C=O) groups is 1. The first kappa shape index (κ1) is 13.3. The third-order valence-corrected chi connectivity index (χ3v) is 4.16. The summed E-state index contributed by atoms with van der Waals surface area (Å²) < 4.78 is 13.8. The molecule has 20 heavy (non-hydrogen) atoms. The Morgan fingerprint density at radius 3 is 2.55 bits per heavy atom. The van der Waals surface area contributed by atoms with Gasteiger partial charge < -0.3 is 0 Å². The van der Waals surface area contributed by atoms with Crippen molar-refractivity contribution in [2.45, 2.75) is 19.3 Å². The number of halogens is 2. The zero-order valence-corrected chi connectivity index (χ0v) is 11.8. The van der Waals surface area contributed by atoms with E-state index < -0.39 is 0 Å². The van der Waals surface area contributed by atoms with Crippen molar-refractivity contribution in [3.63, 3.8) is 0 Å². The molecule has 2 aromatic carbocycles. The summed E-state index contributed by atoms with van der Waals surface area (Å²) in [5.41, 5.74) is 2.29. The second-order valence-corrected chi connectivity index (χ2v) is 5.72. The molecule has 1 aliphatic carbocycles. The van der Waals surface area contributed by atoms with E-state index in [1.54, 1.807) is 12.1 Å². The summed E-state index contributed by atoms with van der Waals surface area (Å²) >= 11 is 6.05. The SMILES string of the molecule is Cc1ccc(C(=O)C2CC2c2c(F)cccc2Cl)cc1. The number of aryl methyl sites for hydroxylation is 1. The van der Waals surface area contributed by atoms with Gasteiger partial charge >= 0.3 is 0 Å². The highest BCUT2D eigenvalue weighted by atomic mass is 35.5. The second kappa shape index (κ2) is 5.02. The summed E-state index contributed by atoms with van der Waals surface area (Å²) in [5, 5.41) is 0.411. The maximum absolute atomic E-state index is 13.8. The highest BCUT2D eigenvalue weighted by molar-refractivity contribution is 6.31. The highest BCUT2D eigenvalue weighted by Gasteiger charge is 2.46. The molecule has 2 atom stereocenters. The third-order valence-electron chi connectivity index (χ3n) is 3.83. The highest BCUT2D eigenvalue weighted by Crippen LogP contribution is 2.51. The molecule has 0 heterocycles. The molecule has 0 saturated heterocycles. The number of rotatable bonds is 3. The fourth-order valence-corrected chi connectivity index (χ4v) is 2.90. The van der Waals surface area contributed by atoms with Gasteiger partial charge in [0.15, 0.2) is 5.78 Å². The van der Waals surface area contributed by atoms with Gasteiger partial charge in [0.05, 0.1) is 0 Å². The smallest absolute Gasteiger partial charge is 0.166 e. The van der Waals surface area contributed by atoms with Crippen LogP contribution in [0.25, 0.3) is 0 Å². The zero-order valence-electron chi connectivity index (χ0n) is 11.1. The van der Waals surface area contributed by atoms with Crippen LogP contribution in [0.1, 0.15) is 33.8 Å². The van der Waals surface area contributed by atoms with Crippen LogP contribution < -0.4 is 0 Å². The molecular formula is C17H14ClFO. The van der Waals surface area contributed by atoms with Crippen LogP contribution in [0.3, 0.4) is 0 Å². The van der Waals surface area contributed by atoms with Crippen molar-refractivity contribution < 1.29 is 9.18 Å². The molecule has 1 aliphatic rings. The lowest BCUT2D eigenvalue weighted by Crippen LogP contribution is -2.04. The van der Waals surface area contributed by atoms with Gasteiger partial charge in [0.25, 0.3) is 0 Å². The molecule has 0 spiro atoms. The summed E-state index contributed by atoms with van der Waals surface area (Å²) in [7, 11) is 0. The summed E-state index contributed by atoms with van der Waals surface area (Å²) in [4.78, 5) is 12.4. The quantitative estimate of drug-likeness (QED) is 0.743. The van der Waals surface area contributed by atoms with Crippen molar-refractivity contribution in [1.82, 2.24) is 0 Å². The Morgan fingerprint density at radius 1 is 1.20 bits per heavy atom. The van der Waals surface area contributed by atoms with Gasteiger partial charge in [0, 0.05) is 22.1 Å². The molecular weight excluding hydrogens is 275 g/mol. The van der Waals surface area contributed by atoms with Crippen LogP contribution in [0.15, 0.2) is 42.5 Å². The number of ketones is 1. The standard InChI is InChI=1S/C17H14ClFO/c1-10-5-7-11(8-6-10)17(20)13-9-12(13)16-14(18)3-2-4-15(16)19/h2-8,12-13H,9H2,1H3. The number of benzene rings is 2. The predicted molar refractivity (Wildman–Crippen MR) is 77.8 cm³/mol. The Kier molecular flexibility index (Phi) is 3.35. The van der Waals surface area contributed by atoms with Crippen LogP contribution in [-0.2, 0) is 0 Å². The molecule has 3 rings (SSSR count). The molecule has 0 amide bonds. The average molecular weight is 289 g/mol. The summed E-state index contributed by atoms with van der Waals surface area (Å²) in [6.45, 7) is 1.98. The largest absolute Gasteiger partial charge is 0.294 e. The molecule has 1 saturated carbocycles. The van der Waals surface area contributed by atoms with Crippen molar-refractivity contribution in [2.75, 3.05) is 0 Å². The summed E-state index contributed by atoms with van der Waals surface area (Å²) in [6, 6.07) is 12.1. The summed E-state index contributed by atoms with van der Waals surface area (Å²) in [5.74, 6) is -0.472. The first-order valence-electron chi connectivity index (χ1n) is 6.62. The van der Waals surface area contributed by atoms with E-state index >= 15 is 0 Å². The van der Waals surface area contributed by atoms with Gasteiger partial charge in [-0.25, -0.2) is 4.39 Å². The van der Waals surface area contributed by atoms with Gasteiger partial charge in [0.2, 0.25) is 0 Å². The van der Waals surface area contributed by atoms with Crippen molar-refractivity contribution >= 4 is 17.4 Å². The number of hydrogen-bond donors (Lipinski definition) is 0. The number of carbonyl (C=O) groups excluding carboxylic acids is 1. The Balaban J connectivity index is 1.82. The van der Waals surface area contributed by atoms with E-state index in [1.807, 2.05) is 31.2 Å². The lowest BCUT2D eigenvalue weighted by Gasteiger charge is -2.05. The van der Waals surface area contributed by atoms with Gasteiger partial charge in [-0.2, -0.15) is 0 Å². The van der Waals surface area contributed by atoms with E-state index in [-0.39, 0.29) is 23.4 Å². The first-order valence-corrected chi connectivity index (χ1v) is 7.00. The van der Waals surface area contributed by atoms with Gasteiger partial charge in [-0.05, 0) is 31.4 Å². The Morgan fingerprint density at radius 2 is 1.90 bits per heavy atom. The fraction of sp³-hybridized carbons (Fsp3) is 0.235. The van der Waals surface area contributed by atoms with Crippen LogP contribution in [0.2, 0.25) is 5.02 Å². The van der Waals surface area contributed by atoms with Gasteiger partial charge in [-0.15, -0.1) is 0 Å². The summed E-state index contributed by atoms with van der Waals surface area (Å²) in [6.07, 6.45) is 0.674. The molecule has 0 N–H and O–H groups in total. The van der Waals surface area contributed by atoms with Crippen LogP contribution in [0, 0.1) is 18.7 Å². The second-order valence-electron chi connectivity index (χ2n) is 5.31. The van der Waals surface area contributed by atoms with Crippen molar-refractivity contribution in [3.8, 4) is 0 Å². The zero-order chi connectivity index (χ0) is 14.3. The third kappa shape index (κ3) is 2.36. The van der Waals surface area contributed by atoms with Crippen molar-refractivity contribution in [1.29, 1.82) is 0 Å². The Labute approximate surface area is 122 Å². The molecule has 0 aliphatic heterocycles. The predicted octanol–water partition coefficient (Wildman–Crippen LogP) is 4.77. The lowest BCUT2D eigenvalue weighted by atomic mass is 10.0. The van der Waals surface area contributed by atoms with Crippen LogP contribution in [0.4, 0.5) is 4.39 Å². The van der Waals surface area contributed by atoms with Gasteiger partial charge in [-0.3, -0.25) is 4.79 Å². The molecule has 102 valence electrons. The molecule has 2 unspecified atom stereocenters. The molecule has 0 aromatic heterocycles. The van der Waals surface area contributed by atoms with Crippen molar-refractivity contribution in [3.05, 3.63) is 70.0 Å². The van der Waals surface area contributed by atoms with Crippen LogP contribution >= 0.6 is 11.6 Å². The maximum atomic E-state index is 13.8. The van der Waals surface area contributed by atoms with Crippen LogP contribution in [0.5, 0.6) is 0 Å². The molecule has 0 radical (unpaired) electrons. The Hall–Kier alpha value is -1.67. The first-order chi connectivity index (χ1) is 9.58. The molecule has 3 heteroatoms. The van der Waals surface area contributed by atoms with E-state index in [1.165, 1.54) is 6.07 Å². The maximum Gasteiger partial charge on any atom is 0.166 e. The number of Topliss-reactive ketones (excluding diaryl/α,β-unsaturated/α-hetero) is 1. The minimum Gasteiger partial charge on any atom is -0.294 e. The monoisotopic (exact) mass is 288 g/mol. The topological polar surface area (TPSA) is 17.1 Å². The average Bonchev–Trinajstić information content (AvgIpc) is 3.19. The van der Waals surface area contributed by atoms with Gasteiger partial charge in [-0.1, -0.05) is 47.5 Å². The molecule has 2 aromatic rings. The molecule has 1 fully saturated rings. The van der Waals surface area contributed by atoms with E-state index in [4.69, 9.17) is 11.6 Å². The van der Waals surface area contributed by atoms with Crippen molar-refractivity contribution in [2.24, 2.45) is 5.92 Å². The normalized spacial score (nSPS) is 20.8.